The Morgan fingerprint density at radius 2 is 1.03 bits per heavy atom. The van der Waals surface area contributed by atoms with Gasteiger partial charge in [0, 0.05) is 12.2 Å². The third-order valence-electron chi connectivity index (χ3n) is 13.0. The summed E-state index contributed by atoms with van der Waals surface area (Å²) in [5.74, 6) is 2.11. The Balaban J connectivity index is 0.786. The third-order valence-corrected chi connectivity index (χ3v) is 15.1. The quantitative estimate of drug-likeness (QED) is 0.0102. The lowest BCUT2D eigenvalue weighted by Crippen LogP contribution is -2.27. The lowest BCUT2D eigenvalue weighted by atomic mass is 9.82. The molecule has 3 aromatic carbocycles. The largest absolute Gasteiger partial charge is 0.494 e. The monoisotopic (exact) mass is 1050 g/mol. The van der Waals surface area contributed by atoms with Crippen LogP contribution >= 0.6 is 22.7 Å². The molecule has 7 rings (SSSR count). The first-order chi connectivity index (χ1) is 36.2. The van der Waals surface area contributed by atoms with E-state index in [9.17, 15) is 19.2 Å². The maximum Gasteiger partial charge on any atom is 0.330 e. The van der Waals surface area contributed by atoms with E-state index < -0.39 is 5.97 Å². The van der Waals surface area contributed by atoms with Crippen molar-refractivity contribution in [2.24, 2.45) is 23.7 Å². The fourth-order valence-electron chi connectivity index (χ4n) is 8.68. The van der Waals surface area contributed by atoms with Crippen molar-refractivity contribution in [3.05, 3.63) is 103 Å². The summed E-state index contributed by atoms with van der Waals surface area (Å²) in [6.07, 6.45) is 15.5. The van der Waals surface area contributed by atoms with Gasteiger partial charge in [0.05, 0.1) is 56.4 Å². The Kier molecular flexibility index (Phi) is 22.6. The van der Waals surface area contributed by atoms with Crippen molar-refractivity contribution in [3.8, 4) is 44.4 Å². The molecule has 74 heavy (non-hydrogen) atoms. The smallest absolute Gasteiger partial charge is 0.330 e. The SMILES string of the molecule is C=CC(=O)OCCCCCCOc1ccc(OOCC2CCC(C(=O)Oc3ccc(OOCC4CCC(C(=O)Oc5ccc(OCCCCCCOC(=O)C=C)cc5)CC4)c4nc(-c5cccs5)sc34)CC2)cc1. The molecule has 0 aliphatic heterocycles. The highest BCUT2D eigenvalue weighted by Crippen LogP contribution is 2.43. The number of benzene rings is 3. The Morgan fingerprint density at radius 1 is 0.541 bits per heavy atom. The van der Waals surface area contributed by atoms with Gasteiger partial charge in [0.1, 0.15) is 32.5 Å². The van der Waals surface area contributed by atoms with E-state index in [0.29, 0.717) is 104 Å². The van der Waals surface area contributed by atoms with Gasteiger partial charge in [-0.3, -0.25) is 9.59 Å². The molecular formula is C57H67NO14S2. The number of esters is 4. The Hall–Kier alpha value is -6.27. The zero-order valence-corrected chi connectivity index (χ0v) is 43.6. The molecule has 2 fully saturated rings. The molecule has 0 saturated heterocycles. The number of fused-ring (bicyclic) bond motifs is 1. The molecule has 17 heteroatoms. The second-order valence-electron chi connectivity index (χ2n) is 18.5. The molecule has 0 bridgehead atoms. The van der Waals surface area contributed by atoms with Crippen LogP contribution in [0.4, 0.5) is 0 Å². The van der Waals surface area contributed by atoms with Gasteiger partial charge in [-0.15, -0.1) is 22.7 Å². The fraction of sp³-hybridized carbons (Fsp3) is 0.456. The van der Waals surface area contributed by atoms with Gasteiger partial charge < -0.3 is 38.2 Å². The molecule has 2 aliphatic rings. The van der Waals surface area contributed by atoms with Crippen LogP contribution in [0.3, 0.4) is 0 Å². The van der Waals surface area contributed by atoms with Gasteiger partial charge in [0.25, 0.3) is 0 Å². The first kappa shape index (κ1) is 55.5. The van der Waals surface area contributed by atoms with E-state index in [1.807, 2.05) is 41.8 Å². The van der Waals surface area contributed by atoms with E-state index in [2.05, 4.69) is 13.2 Å². The predicted molar refractivity (Wildman–Crippen MR) is 281 cm³/mol. The van der Waals surface area contributed by atoms with Gasteiger partial charge in [-0.25, -0.2) is 14.6 Å². The van der Waals surface area contributed by atoms with Crippen molar-refractivity contribution >= 4 is 56.8 Å². The molecule has 5 aromatic rings. The molecule has 0 spiro atoms. The van der Waals surface area contributed by atoms with Crippen molar-refractivity contribution in [1.29, 1.82) is 0 Å². The fourth-order valence-corrected chi connectivity index (χ4v) is 10.5. The zero-order valence-electron chi connectivity index (χ0n) is 41.9. The molecule has 2 aliphatic carbocycles. The topological polar surface area (TPSA) is 173 Å². The maximum atomic E-state index is 13.6. The summed E-state index contributed by atoms with van der Waals surface area (Å²) < 4.78 is 34.2. The van der Waals surface area contributed by atoms with Crippen LogP contribution in [0, 0.1) is 23.7 Å². The van der Waals surface area contributed by atoms with E-state index in [0.717, 1.165) is 92.7 Å². The highest BCUT2D eigenvalue weighted by Gasteiger charge is 2.31. The minimum Gasteiger partial charge on any atom is -0.494 e. The van der Waals surface area contributed by atoms with Crippen LogP contribution in [0.1, 0.15) is 103 Å². The highest BCUT2D eigenvalue weighted by molar-refractivity contribution is 7.25. The van der Waals surface area contributed by atoms with Crippen molar-refractivity contribution in [3.63, 3.8) is 0 Å². The molecule has 0 atom stereocenters. The second kappa shape index (κ2) is 30.2. The molecule has 15 nitrogen and oxygen atoms in total. The number of thiazole rings is 1. The molecule has 2 saturated carbocycles. The van der Waals surface area contributed by atoms with E-state index in [1.165, 1.54) is 23.5 Å². The minimum absolute atomic E-state index is 0.201. The van der Waals surface area contributed by atoms with E-state index >= 15 is 0 Å². The highest BCUT2D eigenvalue weighted by atomic mass is 32.1. The molecular weight excluding hydrogens is 987 g/mol. The number of aromatic nitrogens is 1. The number of hydrogen-bond donors (Lipinski definition) is 0. The Morgan fingerprint density at radius 3 is 1.55 bits per heavy atom. The number of carbonyl (C=O) groups is 4. The first-order valence-electron chi connectivity index (χ1n) is 25.8. The van der Waals surface area contributed by atoms with Gasteiger partial charge in [-0.05, 0) is 187 Å². The van der Waals surface area contributed by atoms with Crippen molar-refractivity contribution in [2.75, 3.05) is 39.6 Å². The molecule has 2 heterocycles. The predicted octanol–water partition coefficient (Wildman–Crippen LogP) is 12.8. The summed E-state index contributed by atoms with van der Waals surface area (Å²) in [6.45, 7) is 9.50. The lowest BCUT2D eigenvalue weighted by molar-refractivity contribution is -0.218. The summed E-state index contributed by atoms with van der Waals surface area (Å²) >= 11 is 3.03. The number of ether oxygens (including phenoxy) is 6. The molecule has 396 valence electrons. The average molecular weight is 1050 g/mol. The normalized spacial score (nSPS) is 17.4. The number of hydrogen-bond acceptors (Lipinski definition) is 17. The van der Waals surface area contributed by atoms with Gasteiger partial charge in [0.15, 0.2) is 17.2 Å². The number of rotatable bonds is 31. The van der Waals surface area contributed by atoms with Gasteiger partial charge >= 0.3 is 23.9 Å². The van der Waals surface area contributed by atoms with Crippen LogP contribution in [0.5, 0.6) is 34.5 Å². The number of thiophene rings is 1. The summed E-state index contributed by atoms with van der Waals surface area (Å²) in [5, 5.41) is 2.79. The van der Waals surface area contributed by atoms with Gasteiger partial charge in [0.2, 0.25) is 0 Å². The summed E-state index contributed by atoms with van der Waals surface area (Å²) in [5.41, 5.74) is 0.559. The molecule has 0 radical (unpaired) electrons. The van der Waals surface area contributed by atoms with Gasteiger partial charge in [-0.2, -0.15) is 9.78 Å². The van der Waals surface area contributed by atoms with Gasteiger partial charge in [-0.1, -0.05) is 19.2 Å². The Bertz CT molecular complexity index is 2530. The first-order valence-corrected chi connectivity index (χ1v) is 27.5. The lowest BCUT2D eigenvalue weighted by Gasteiger charge is -2.26. The molecule has 0 unspecified atom stereocenters. The average Bonchev–Trinajstić information content (AvgIpc) is 4.14. The van der Waals surface area contributed by atoms with Crippen LogP contribution in [0.25, 0.3) is 20.1 Å². The number of carbonyl (C=O) groups excluding carboxylic acids is 4. The second-order valence-corrected chi connectivity index (χ2v) is 20.4. The third kappa shape index (κ3) is 18.0. The van der Waals surface area contributed by atoms with Crippen LogP contribution in [-0.2, 0) is 38.4 Å². The summed E-state index contributed by atoms with van der Waals surface area (Å²) in [7, 11) is 0. The minimum atomic E-state index is -0.397. The Labute approximate surface area is 440 Å². The maximum absolute atomic E-state index is 13.6. The van der Waals surface area contributed by atoms with Crippen LogP contribution < -0.4 is 28.7 Å². The summed E-state index contributed by atoms with van der Waals surface area (Å²) in [4.78, 5) is 77.8. The molecule has 2 aromatic heterocycles. The summed E-state index contributed by atoms with van der Waals surface area (Å²) in [6, 6.07) is 21.9. The van der Waals surface area contributed by atoms with Crippen LogP contribution in [0.15, 0.2) is 103 Å². The van der Waals surface area contributed by atoms with E-state index in [4.69, 9.17) is 53.0 Å². The van der Waals surface area contributed by atoms with E-state index in [-0.39, 0.29) is 41.6 Å². The van der Waals surface area contributed by atoms with Crippen LogP contribution in [-0.4, -0.2) is 68.5 Å². The number of nitrogens with zero attached hydrogens (tertiary/aromatic N) is 1. The van der Waals surface area contributed by atoms with E-state index in [1.54, 1.807) is 47.7 Å². The number of unbranched alkanes of at least 4 members (excludes halogenated alkanes) is 6. The van der Waals surface area contributed by atoms with Crippen molar-refractivity contribution in [1.82, 2.24) is 4.98 Å². The van der Waals surface area contributed by atoms with Crippen molar-refractivity contribution < 1.29 is 67.1 Å². The molecule has 0 N–H and O–H groups in total. The van der Waals surface area contributed by atoms with Crippen LogP contribution in [0.2, 0.25) is 0 Å². The van der Waals surface area contributed by atoms with Crippen molar-refractivity contribution in [2.45, 2.75) is 103 Å². The molecule has 0 amide bonds. The standard InChI is InChI=1S/C57H67NO14S2/c1-3-51(59)65-35-11-7-5-9-33-63-44-23-27-46(28-24-44)69-56(61)42-19-15-41(16-20-42)39-68-72-48-31-32-49(54-53(48)58-55(74-54)50-14-13-37-73-50)70-57(62)43-21-17-40(18-22-43)38-67-71-47-29-25-45(26-30-47)64-34-10-6-8-12-36-66-52(60)4-2/h3-4,13-14,23-32,37,40-43H,1-2,5-12,15-22,33-36,38-39H2. The zero-order chi connectivity index (χ0) is 51.7.